The molecule has 0 unspecified atom stereocenters. The Balaban J connectivity index is 1.97. The van der Waals surface area contributed by atoms with E-state index in [1.807, 2.05) is 43.3 Å². The number of carbonyl (C=O) groups excluding carboxylic acids is 1. The van der Waals surface area contributed by atoms with E-state index in [4.69, 9.17) is 14.2 Å². The van der Waals surface area contributed by atoms with Crippen LogP contribution in [0, 0.1) is 0 Å². The molecule has 128 valence electrons. The molecule has 0 amide bonds. The van der Waals surface area contributed by atoms with Crippen LogP contribution in [0.25, 0.3) is 6.08 Å². The summed E-state index contributed by atoms with van der Waals surface area (Å²) in [6, 6.07) is 12.9. The second-order valence-electron chi connectivity index (χ2n) is 5.17. The Kier molecular flexibility index (Phi) is 5.19. The SMILES string of the molecule is CCOc1cc(/C=C2\N=C(c3ccccc3)OC2=O)cc(Br)c1OC. The first-order chi connectivity index (χ1) is 12.1. The number of halogens is 1. The lowest BCUT2D eigenvalue weighted by atomic mass is 10.1. The van der Waals surface area contributed by atoms with Crippen molar-refractivity contribution in [2.24, 2.45) is 4.99 Å². The van der Waals surface area contributed by atoms with E-state index in [1.54, 1.807) is 19.3 Å². The number of benzene rings is 2. The van der Waals surface area contributed by atoms with Gasteiger partial charge in [-0.05, 0) is 58.8 Å². The van der Waals surface area contributed by atoms with Crippen molar-refractivity contribution in [3.63, 3.8) is 0 Å². The minimum atomic E-state index is -0.483. The molecule has 0 saturated carbocycles. The van der Waals surface area contributed by atoms with Crippen molar-refractivity contribution < 1.29 is 19.0 Å². The Hall–Kier alpha value is -2.60. The molecule has 3 rings (SSSR count). The van der Waals surface area contributed by atoms with Gasteiger partial charge in [0.25, 0.3) is 0 Å². The van der Waals surface area contributed by atoms with E-state index in [9.17, 15) is 4.79 Å². The second kappa shape index (κ2) is 7.53. The summed E-state index contributed by atoms with van der Waals surface area (Å²) in [6.45, 7) is 2.39. The van der Waals surface area contributed by atoms with E-state index < -0.39 is 5.97 Å². The van der Waals surface area contributed by atoms with Gasteiger partial charge in [-0.2, -0.15) is 0 Å². The average molecular weight is 402 g/mol. The fourth-order valence-electron chi connectivity index (χ4n) is 2.40. The van der Waals surface area contributed by atoms with Crippen LogP contribution in [0.3, 0.4) is 0 Å². The third-order valence-electron chi connectivity index (χ3n) is 3.48. The molecule has 0 atom stereocenters. The van der Waals surface area contributed by atoms with E-state index in [0.717, 1.165) is 15.6 Å². The van der Waals surface area contributed by atoms with Gasteiger partial charge in [-0.15, -0.1) is 0 Å². The highest BCUT2D eigenvalue weighted by molar-refractivity contribution is 9.10. The number of rotatable bonds is 5. The van der Waals surface area contributed by atoms with Crippen molar-refractivity contribution in [1.29, 1.82) is 0 Å². The Morgan fingerprint density at radius 3 is 2.68 bits per heavy atom. The zero-order valence-electron chi connectivity index (χ0n) is 13.8. The van der Waals surface area contributed by atoms with Crippen LogP contribution < -0.4 is 9.47 Å². The van der Waals surface area contributed by atoms with E-state index >= 15 is 0 Å². The quantitative estimate of drug-likeness (QED) is 0.556. The normalized spacial score (nSPS) is 15.1. The van der Waals surface area contributed by atoms with Crippen LogP contribution in [-0.4, -0.2) is 25.6 Å². The molecule has 0 aromatic heterocycles. The van der Waals surface area contributed by atoms with E-state index in [1.165, 1.54) is 0 Å². The molecule has 0 N–H and O–H groups in total. The molecule has 0 fully saturated rings. The molecule has 0 saturated heterocycles. The first kappa shape index (κ1) is 17.2. The molecule has 1 heterocycles. The molecular formula is C19H16BrNO4. The first-order valence-corrected chi connectivity index (χ1v) is 8.50. The maximum Gasteiger partial charge on any atom is 0.363 e. The van der Waals surface area contributed by atoms with Crippen LogP contribution in [-0.2, 0) is 9.53 Å². The number of nitrogens with zero attached hydrogens (tertiary/aromatic N) is 1. The molecule has 0 bridgehead atoms. The molecule has 2 aromatic carbocycles. The predicted molar refractivity (Wildman–Crippen MR) is 98.9 cm³/mol. The summed E-state index contributed by atoms with van der Waals surface area (Å²) in [5, 5.41) is 0. The van der Waals surface area contributed by atoms with Gasteiger partial charge in [-0.3, -0.25) is 0 Å². The lowest BCUT2D eigenvalue weighted by molar-refractivity contribution is -0.129. The standard InChI is InChI=1S/C19H16BrNO4/c1-3-24-16-11-12(9-14(20)17(16)23-2)10-15-19(22)25-18(21-15)13-7-5-4-6-8-13/h4-11H,3H2,1-2H3/b15-10-. The summed E-state index contributed by atoms with van der Waals surface area (Å²) in [4.78, 5) is 16.4. The zero-order chi connectivity index (χ0) is 17.8. The monoisotopic (exact) mass is 401 g/mol. The van der Waals surface area contributed by atoms with Gasteiger partial charge in [0, 0.05) is 5.56 Å². The predicted octanol–water partition coefficient (Wildman–Crippen LogP) is 4.20. The molecule has 0 aliphatic carbocycles. The number of hydrogen-bond donors (Lipinski definition) is 0. The topological polar surface area (TPSA) is 57.1 Å². The number of ether oxygens (including phenoxy) is 3. The van der Waals surface area contributed by atoms with Crippen molar-refractivity contribution >= 4 is 33.9 Å². The van der Waals surface area contributed by atoms with E-state index in [0.29, 0.717) is 24.0 Å². The summed E-state index contributed by atoms with van der Waals surface area (Å²) < 4.78 is 16.9. The smallest absolute Gasteiger partial charge is 0.363 e. The van der Waals surface area contributed by atoms with Crippen molar-refractivity contribution in [1.82, 2.24) is 0 Å². The minimum absolute atomic E-state index is 0.235. The summed E-state index contributed by atoms with van der Waals surface area (Å²) in [5.41, 5.74) is 1.74. The van der Waals surface area contributed by atoms with Crippen molar-refractivity contribution in [2.75, 3.05) is 13.7 Å². The van der Waals surface area contributed by atoms with Crippen LogP contribution in [0.5, 0.6) is 11.5 Å². The van der Waals surface area contributed by atoms with Crippen LogP contribution >= 0.6 is 15.9 Å². The maximum absolute atomic E-state index is 12.1. The van der Waals surface area contributed by atoms with E-state index in [2.05, 4.69) is 20.9 Å². The van der Waals surface area contributed by atoms with Crippen molar-refractivity contribution in [3.8, 4) is 11.5 Å². The van der Waals surface area contributed by atoms with Crippen molar-refractivity contribution in [3.05, 3.63) is 63.8 Å². The minimum Gasteiger partial charge on any atom is -0.492 e. The van der Waals surface area contributed by atoms with Gasteiger partial charge in [0.05, 0.1) is 18.2 Å². The Labute approximate surface area is 154 Å². The maximum atomic E-state index is 12.1. The number of hydrogen-bond acceptors (Lipinski definition) is 5. The highest BCUT2D eigenvalue weighted by Gasteiger charge is 2.24. The lowest BCUT2D eigenvalue weighted by Crippen LogP contribution is -2.05. The molecule has 5 nitrogen and oxygen atoms in total. The zero-order valence-corrected chi connectivity index (χ0v) is 15.4. The fourth-order valence-corrected chi connectivity index (χ4v) is 3.03. The van der Waals surface area contributed by atoms with Gasteiger partial charge in [0.1, 0.15) is 0 Å². The molecule has 0 spiro atoms. The van der Waals surface area contributed by atoms with Crippen LogP contribution in [0.15, 0.2) is 57.6 Å². The van der Waals surface area contributed by atoms with Gasteiger partial charge >= 0.3 is 5.97 Å². The molecule has 6 heteroatoms. The van der Waals surface area contributed by atoms with Gasteiger partial charge in [-0.25, -0.2) is 9.79 Å². The molecule has 0 radical (unpaired) electrons. The molecule has 25 heavy (non-hydrogen) atoms. The molecule has 2 aromatic rings. The summed E-state index contributed by atoms with van der Waals surface area (Å²) in [5.74, 6) is 1.01. The van der Waals surface area contributed by atoms with Gasteiger partial charge in [0.15, 0.2) is 17.2 Å². The number of aliphatic imine (C=N–C) groups is 1. The summed E-state index contributed by atoms with van der Waals surface area (Å²) in [7, 11) is 1.57. The molecule has 1 aliphatic heterocycles. The average Bonchev–Trinajstić information content (AvgIpc) is 2.97. The summed E-state index contributed by atoms with van der Waals surface area (Å²) in [6.07, 6.45) is 1.66. The van der Waals surface area contributed by atoms with Crippen LogP contribution in [0.2, 0.25) is 0 Å². The fraction of sp³-hybridized carbons (Fsp3) is 0.158. The highest BCUT2D eigenvalue weighted by Crippen LogP contribution is 2.37. The number of carbonyl (C=O) groups is 1. The first-order valence-electron chi connectivity index (χ1n) is 7.70. The Bertz CT molecular complexity index is 859. The Morgan fingerprint density at radius 2 is 2.00 bits per heavy atom. The van der Waals surface area contributed by atoms with Gasteiger partial charge in [0.2, 0.25) is 5.90 Å². The van der Waals surface area contributed by atoms with Crippen LogP contribution in [0.1, 0.15) is 18.1 Å². The van der Waals surface area contributed by atoms with Gasteiger partial charge in [-0.1, -0.05) is 18.2 Å². The largest absolute Gasteiger partial charge is 0.492 e. The van der Waals surface area contributed by atoms with Crippen molar-refractivity contribution in [2.45, 2.75) is 6.92 Å². The highest BCUT2D eigenvalue weighted by atomic mass is 79.9. The second-order valence-corrected chi connectivity index (χ2v) is 6.02. The summed E-state index contributed by atoms with van der Waals surface area (Å²) >= 11 is 3.45. The van der Waals surface area contributed by atoms with Gasteiger partial charge < -0.3 is 14.2 Å². The third-order valence-corrected chi connectivity index (χ3v) is 4.07. The van der Waals surface area contributed by atoms with Crippen LogP contribution in [0.4, 0.5) is 0 Å². The Morgan fingerprint density at radius 1 is 1.24 bits per heavy atom. The lowest BCUT2D eigenvalue weighted by Gasteiger charge is -2.12. The molecule has 1 aliphatic rings. The molecular weight excluding hydrogens is 386 g/mol. The van der Waals surface area contributed by atoms with E-state index in [-0.39, 0.29) is 5.70 Å². The number of methoxy groups -OCH3 is 1. The number of cyclic esters (lactones) is 1. The third kappa shape index (κ3) is 3.74. The number of esters is 1.